The van der Waals surface area contributed by atoms with E-state index in [0.717, 1.165) is 0 Å². The fraction of sp³-hybridized carbons (Fsp3) is 1.00. The Hall–Kier alpha value is -0.440. The van der Waals surface area contributed by atoms with E-state index < -0.39 is 74.6 Å². The molecule has 0 aromatic carbocycles. The van der Waals surface area contributed by atoms with Gasteiger partial charge in [-0.25, -0.2) is 0 Å². The third-order valence-corrected chi connectivity index (χ3v) is 4.45. The first kappa shape index (κ1) is 21.9. The van der Waals surface area contributed by atoms with E-state index in [2.05, 4.69) is 0 Å². The molecule has 0 saturated carbocycles. The molecule has 10 atom stereocenters. The molecule has 0 aliphatic carbocycles. The highest BCUT2D eigenvalue weighted by molar-refractivity contribution is 4.94. The zero-order valence-corrected chi connectivity index (χ0v) is 14.4. The van der Waals surface area contributed by atoms with Crippen molar-refractivity contribution in [2.24, 2.45) is 0 Å². The van der Waals surface area contributed by atoms with Crippen LogP contribution in [0.15, 0.2) is 0 Å². The Morgan fingerprint density at radius 3 is 1.88 bits per heavy atom. The molecule has 2 rings (SSSR count). The van der Waals surface area contributed by atoms with E-state index in [9.17, 15) is 35.7 Å². The second kappa shape index (κ2) is 9.66. The Morgan fingerprint density at radius 2 is 1.31 bits per heavy atom. The molecule has 11 heteroatoms. The number of ether oxygens (including phenoxy) is 4. The molecule has 0 radical (unpaired) electrons. The summed E-state index contributed by atoms with van der Waals surface area (Å²) in [5, 5.41) is 68.7. The van der Waals surface area contributed by atoms with Gasteiger partial charge in [0.15, 0.2) is 12.6 Å². The van der Waals surface area contributed by atoms with Crippen LogP contribution in [0.4, 0.5) is 0 Å². The smallest absolute Gasteiger partial charge is 0.187 e. The maximum Gasteiger partial charge on any atom is 0.187 e. The topological polar surface area (TPSA) is 179 Å². The van der Waals surface area contributed by atoms with Crippen molar-refractivity contribution in [1.82, 2.24) is 0 Å². The molecule has 11 nitrogen and oxygen atoms in total. The summed E-state index contributed by atoms with van der Waals surface area (Å²) >= 11 is 0. The van der Waals surface area contributed by atoms with Gasteiger partial charge in [0.1, 0.15) is 48.8 Å². The van der Waals surface area contributed by atoms with Crippen LogP contribution >= 0.6 is 0 Å². The van der Waals surface area contributed by atoms with E-state index >= 15 is 0 Å². The van der Waals surface area contributed by atoms with Crippen LogP contribution in [0.2, 0.25) is 0 Å². The molecule has 2 fully saturated rings. The molecule has 2 heterocycles. The van der Waals surface area contributed by atoms with E-state index in [1.807, 2.05) is 6.92 Å². The summed E-state index contributed by atoms with van der Waals surface area (Å²) in [5.41, 5.74) is 0. The highest BCUT2D eigenvalue weighted by Gasteiger charge is 2.50. The van der Waals surface area contributed by atoms with Crippen LogP contribution < -0.4 is 0 Å². The van der Waals surface area contributed by atoms with Crippen molar-refractivity contribution in [3.05, 3.63) is 0 Å². The predicted octanol–water partition coefficient (Wildman–Crippen LogP) is -3.96. The average molecular weight is 384 g/mol. The molecule has 0 spiro atoms. The van der Waals surface area contributed by atoms with Crippen LogP contribution in [0.1, 0.15) is 13.3 Å². The highest BCUT2D eigenvalue weighted by atomic mass is 16.7. The van der Waals surface area contributed by atoms with E-state index in [4.69, 9.17) is 18.9 Å². The monoisotopic (exact) mass is 384 g/mol. The second-order valence-corrected chi connectivity index (χ2v) is 6.38. The Morgan fingerprint density at radius 1 is 0.731 bits per heavy atom. The van der Waals surface area contributed by atoms with Crippen LogP contribution in [0.5, 0.6) is 0 Å². The molecule has 0 bridgehead atoms. The maximum atomic E-state index is 10.3. The van der Waals surface area contributed by atoms with Gasteiger partial charge >= 0.3 is 0 Å². The lowest BCUT2D eigenvalue weighted by molar-refractivity contribution is -0.359. The normalized spacial score (nSPS) is 47.1. The Balaban J connectivity index is 2.09. The van der Waals surface area contributed by atoms with E-state index in [-0.39, 0.29) is 6.61 Å². The van der Waals surface area contributed by atoms with Gasteiger partial charge in [-0.15, -0.1) is 0 Å². The molecule has 0 aromatic rings. The van der Waals surface area contributed by atoms with Gasteiger partial charge in [0.2, 0.25) is 0 Å². The van der Waals surface area contributed by atoms with Crippen molar-refractivity contribution in [2.45, 2.75) is 74.8 Å². The van der Waals surface area contributed by atoms with Crippen molar-refractivity contribution < 1.29 is 54.7 Å². The minimum absolute atomic E-state index is 0.269. The largest absolute Gasteiger partial charge is 0.394 e. The predicted molar refractivity (Wildman–Crippen MR) is 82.6 cm³/mol. The molecule has 2 saturated heterocycles. The molecular formula is C15H28O11. The van der Waals surface area contributed by atoms with Gasteiger partial charge in [-0.2, -0.15) is 0 Å². The minimum atomic E-state index is -1.69. The van der Waals surface area contributed by atoms with E-state index in [1.54, 1.807) is 0 Å². The maximum absolute atomic E-state index is 10.3. The zero-order chi connectivity index (χ0) is 19.4. The van der Waals surface area contributed by atoms with Crippen molar-refractivity contribution >= 4 is 0 Å². The molecule has 7 N–H and O–H groups in total. The molecule has 26 heavy (non-hydrogen) atoms. The molecule has 0 aromatic heterocycles. The summed E-state index contributed by atoms with van der Waals surface area (Å²) in [6.45, 7) is 0.885. The van der Waals surface area contributed by atoms with Gasteiger partial charge < -0.3 is 54.7 Å². The first-order chi connectivity index (χ1) is 12.3. The van der Waals surface area contributed by atoms with Crippen molar-refractivity contribution in [1.29, 1.82) is 0 Å². The quantitative estimate of drug-likeness (QED) is 0.228. The summed E-state index contributed by atoms with van der Waals surface area (Å²) < 4.78 is 21.3. The fourth-order valence-electron chi connectivity index (χ4n) is 2.93. The molecule has 154 valence electrons. The number of aliphatic hydroxyl groups is 7. The Kier molecular flexibility index (Phi) is 8.12. The first-order valence-corrected chi connectivity index (χ1v) is 8.55. The van der Waals surface area contributed by atoms with Gasteiger partial charge in [0.05, 0.1) is 13.2 Å². The van der Waals surface area contributed by atoms with Gasteiger partial charge in [-0.3, -0.25) is 0 Å². The van der Waals surface area contributed by atoms with Gasteiger partial charge in [-0.05, 0) is 6.42 Å². The third kappa shape index (κ3) is 4.51. The number of rotatable bonds is 7. The minimum Gasteiger partial charge on any atom is -0.394 e. The molecule has 2 aliphatic rings. The van der Waals surface area contributed by atoms with Gasteiger partial charge in [0.25, 0.3) is 0 Å². The molecule has 6 unspecified atom stereocenters. The number of aliphatic hydroxyl groups excluding tert-OH is 7. The van der Waals surface area contributed by atoms with Crippen LogP contribution in [-0.4, -0.2) is 117 Å². The standard InChI is InChI=1S/C15H28O11/c1-2-3-23-14-12(22)10(20)13(7(5-17)25-14)26-15-11(21)9(19)8(18)6(4-16)24-15/h6-22H,2-5H2,1H3/t6?,7?,8-,9?,10?,11?,12?,13+,14+,15-/m0/s1. The Bertz CT molecular complexity index is 420. The summed E-state index contributed by atoms with van der Waals surface area (Å²) in [7, 11) is 0. The van der Waals surface area contributed by atoms with Crippen molar-refractivity contribution in [3.8, 4) is 0 Å². The SMILES string of the molecule is CCCO[C@@H]1OC(CO)[C@@H](O[C@@H]2OC(CO)[C@H](O)C(O)C2O)C(O)C1O. The fourth-order valence-corrected chi connectivity index (χ4v) is 2.93. The average Bonchev–Trinajstić information content (AvgIpc) is 2.64. The molecular weight excluding hydrogens is 356 g/mol. The number of hydrogen-bond acceptors (Lipinski definition) is 11. The third-order valence-electron chi connectivity index (χ3n) is 4.45. The highest BCUT2D eigenvalue weighted by Crippen LogP contribution is 2.29. The van der Waals surface area contributed by atoms with Crippen molar-refractivity contribution in [2.75, 3.05) is 19.8 Å². The van der Waals surface area contributed by atoms with Crippen molar-refractivity contribution in [3.63, 3.8) is 0 Å². The van der Waals surface area contributed by atoms with Crippen LogP contribution in [0.3, 0.4) is 0 Å². The van der Waals surface area contributed by atoms with Crippen LogP contribution in [0, 0.1) is 0 Å². The lowest BCUT2D eigenvalue weighted by atomic mass is 9.97. The van der Waals surface area contributed by atoms with Gasteiger partial charge in [0, 0.05) is 6.61 Å². The summed E-state index contributed by atoms with van der Waals surface area (Å²) in [6.07, 6.45) is -13.6. The summed E-state index contributed by atoms with van der Waals surface area (Å²) in [4.78, 5) is 0. The molecule has 2 aliphatic heterocycles. The number of hydrogen-bond donors (Lipinski definition) is 7. The summed E-state index contributed by atoms with van der Waals surface area (Å²) in [5.74, 6) is 0. The zero-order valence-electron chi connectivity index (χ0n) is 14.4. The lowest BCUT2D eigenvalue weighted by Crippen LogP contribution is -2.64. The van der Waals surface area contributed by atoms with Crippen LogP contribution in [-0.2, 0) is 18.9 Å². The Labute approximate surface area is 150 Å². The van der Waals surface area contributed by atoms with E-state index in [1.165, 1.54) is 0 Å². The lowest BCUT2D eigenvalue weighted by Gasteiger charge is -2.45. The second-order valence-electron chi connectivity index (χ2n) is 6.38. The van der Waals surface area contributed by atoms with Crippen LogP contribution in [0.25, 0.3) is 0 Å². The van der Waals surface area contributed by atoms with Gasteiger partial charge in [-0.1, -0.05) is 6.92 Å². The van der Waals surface area contributed by atoms with E-state index in [0.29, 0.717) is 6.42 Å². The first-order valence-electron chi connectivity index (χ1n) is 8.55. The molecule has 0 amide bonds. The summed E-state index contributed by atoms with van der Waals surface area (Å²) in [6, 6.07) is 0.